The third-order valence-electron chi connectivity index (χ3n) is 4.05. The lowest BCUT2D eigenvalue weighted by Gasteiger charge is -2.14. The van der Waals surface area contributed by atoms with E-state index in [1.807, 2.05) is 0 Å². The van der Waals surface area contributed by atoms with Crippen LogP contribution in [0.15, 0.2) is 18.5 Å². The highest BCUT2D eigenvalue weighted by Gasteiger charge is 2.20. The van der Waals surface area contributed by atoms with Crippen molar-refractivity contribution in [1.29, 1.82) is 0 Å². The molecule has 5 nitrogen and oxygen atoms in total. The molecule has 0 fully saturated rings. The average molecular weight is 367 g/mol. The van der Waals surface area contributed by atoms with Gasteiger partial charge in [-0.2, -0.15) is 0 Å². The number of hydrogen-bond donors (Lipinski definition) is 3. The molecule has 0 radical (unpaired) electrons. The maximum Gasteiger partial charge on any atom is 0.147 e. The molecule has 0 bridgehead atoms. The van der Waals surface area contributed by atoms with E-state index in [-0.39, 0.29) is 23.8 Å². The summed E-state index contributed by atoms with van der Waals surface area (Å²) < 4.78 is 14.2. The van der Waals surface area contributed by atoms with Crippen molar-refractivity contribution in [1.82, 2.24) is 15.3 Å². The highest BCUT2D eigenvalue weighted by molar-refractivity contribution is 7.19. The van der Waals surface area contributed by atoms with Crippen LogP contribution in [0.3, 0.4) is 0 Å². The van der Waals surface area contributed by atoms with E-state index in [1.165, 1.54) is 28.9 Å². The van der Waals surface area contributed by atoms with Crippen molar-refractivity contribution in [3.05, 3.63) is 40.3 Å². The van der Waals surface area contributed by atoms with E-state index < -0.39 is 5.82 Å². The maximum atomic E-state index is 14.2. The minimum Gasteiger partial charge on any atom is -0.508 e. The zero-order chi connectivity index (χ0) is 16.0. The number of halogens is 2. The van der Waals surface area contributed by atoms with Crippen LogP contribution in [0.4, 0.5) is 15.9 Å². The number of fused-ring (bicyclic) bond motifs is 3. The number of nitrogens with zero attached hydrogens (tertiary/aromatic N) is 2. The summed E-state index contributed by atoms with van der Waals surface area (Å²) in [5.41, 5.74) is 1.94. The number of anilines is 2. The molecular weight excluding hydrogens is 351 g/mol. The number of phenolic OH excluding ortho intramolecular Hbond substituents is 1. The Morgan fingerprint density at radius 1 is 1.33 bits per heavy atom. The van der Waals surface area contributed by atoms with Gasteiger partial charge in [0, 0.05) is 17.5 Å². The minimum atomic E-state index is -0.419. The van der Waals surface area contributed by atoms with Crippen LogP contribution in [-0.4, -0.2) is 21.6 Å². The largest absolute Gasteiger partial charge is 0.508 e. The van der Waals surface area contributed by atoms with Crippen LogP contribution >= 0.6 is 23.7 Å². The number of aromatic hydroxyl groups is 1. The number of thiophene rings is 1. The Morgan fingerprint density at radius 2 is 2.17 bits per heavy atom. The Balaban J connectivity index is 0.00000169. The monoisotopic (exact) mass is 366 g/mol. The van der Waals surface area contributed by atoms with E-state index >= 15 is 0 Å². The van der Waals surface area contributed by atoms with Gasteiger partial charge in [-0.05, 0) is 37.1 Å². The summed E-state index contributed by atoms with van der Waals surface area (Å²) in [6.07, 6.45) is 2.38. The molecular formula is C16H16ClFN4OS. The highest BCUT2D eigenvalue weighted by atomic mass is 35.5. The van der Waals surface area contributed by atoms with Crippen molar-refractivity contribution >= 4 is 45.5 Å². The Kier molecular flexibility index (Phi) is 4.58. The molecule has 8 heteroatoms. The van der Waals surface area contributed by atoms with Crippen LogP contribution in [-0.2, 0) is 13.0 Å². The molecule has 3 aromatic rings. The lowest BCUT2D eigenvalue weighted by molar-refractivity contribution is 0.469. The van der Waals surface area contributed by atoms with Crippen LogP contribution in [0.1, 0.15) is 16.0 Å². The summed E-state index contributed by atoms with van der Waals surface area (Å²) in [5, 5.41) is 17.1. The molecule has 0 unspecified atom stereocenters. The number of benzene rings is 1. The molecule has 126 valence electrons. The van der Waals surface area contributed by atoms with Crippen LogP contribution in [0.25, 0.3) is 10.2 Å². The van der Waals surface area contributed by atoms with Crippen molar-refractivity contribution in [3.63, 3.8) is 0 Å². The minimum absolute atomic E-state index is 0. The summed E-state index contributed by atoms with van der Waals surface area (Å²) in [6.45, 7) is 3.40. The van der Waals surface area contributed by atoms with Gasteiger partial charge in [-0.25, -0.2) is 14.4 Å². The van der Waals surface area contributed by atoms with Gasteiger partial charge in [0.15, 0.2) is 0 Å². The Morgan fingerprint density at radius 3 is 3.00 bits per heavy atom. The van der Waals surface area contributed by atoms with Crippen molar-refractivity contribution < 1.29 is 9.50 Å². The first-order valence-corrected chi connectivity index (χ1v) is 8.17. The predicted octanol–water partition coefficient (Wildman–Crippen LogP) is 3.66. The molecule has 3 N–H and O–H groups in total. The lowest BCUT2D eigenvalue weighted by atomic mass is 10.1. The fourth-order valence-electron chi connectivity index (χ4n) is 2.84. The summed E-state index contributed by atoms with van der Waals surface area (Å²) in [4.78, 5) is 10.8. The molecule has 0 atom stereocenters. The summed E-state index contributed by atoms with van der Waals surface area (Å²) in [7, 11) is 0. The molecule has 1 aliphatic rings. The van der Waals surface area contributed by atoms with Gasteiger partial charge in [0.2, 0.25) is 0 Å². The number of phenols is 1. The van der Waals surface area contributed by atoms with Crippen molar-refractivity contribution in [2.45, 2.75) is 19.9 Å². The molecule has 0 saturated carbocycles. The quantitative estimate of drug-likeness (QED) is 0.645. The van der Waals surface area contributed by atoms with E-state index in [1.54, 1.807) is 18.3 Å². The Labute approximate surface area is 148 Å². The second kappa shape index (κ2) is 6.51. The maximum absolute atomic E-state index is 14.2. The zero-order valence-corrected chi connectivity index (χ0v) is 14.5. The number of hydrogen-bond acceptors (Lipinski definition) is 6. The summed E-state index contributed by atoms with van der Waals surface area (Å²) in [6, 6.07) is 2.70. The van der Waals surface area contributed by atoms with E-state index in [4.69, 9.17) is 0 Å². The first-order valence-electron chi connectivity index (χ1n) is 7.35. The molecule has 24 heavy (non-hydrogen) atoms. The van der Waals surface area contributed by atoms with Gasteiger partial charge in [-0.15, -0.1) is 23.7 Å². The molecule has 1 aromatic carbocycles. The fraction of sp³-hybridized carbons (Fsp3) is 0.250. The molecule has 2 aromatic heterocycles. The molecule has 0 spiro atoms. The van der Waals surface area contributed by atoms with E-state index in [9.17, 15) is 9.50 Å². The highest BCUT2D eigenvalue weighted by Crippen LogP contribution is 2.37. The number of nitrogens with one attached hydrogen (secondary N) is 2. The van der Waals surface area contributed by atoms with E-state index in [0.29, 0.717) is 11.4 Å². The molecule has 1 aliphatic heterocycles. The first-order chi connectivity index (χ1) is 11.1. The SMILES string of the molecule is Cc1cc(F)c(Nc2ncnc3sc4c(c23)CCNC4)cc1O.Cl. The fourth-order valence-corrected chi connectivity index (χ4v) is 4.00. The van der Waals surface area contributed by atoms with Crippen LogP contribution < -0.4 is 10.6 Å². The Bertz CT molecular complexity index is 915. The van der Waals surface area contributed by atoms with Crippen molar-refractivity contribution in [3.8, 4) is 5.75 Å². The topological polar surface area (TPSA) is 70.1 Å². The van der Waals surface area contributed by atoms with E-state index in [0.717, 1.165) is 29.7 Å². The predicted molar refractivity (Wildman–Crippen MR) is 96.2 cm³/mol. The van der Waals surface area contributed by atoms with Crippen molar-refractivity contribution in [2.24, 2.45) is 0 Å². The van der Waals surface area contributed by atoms with Gasteiger partial charge in [0.05, 0.1) is 11.1 Å². The lowest BCUT2D eigenvalue weighted by Crippen LogP contribution is -2.22. The third kappa shape index (κ3) is 2.79. The molecule has 0 amide bonds. The van der Waals surface area contributed by atoms with Crippen LogP contribution in [0, 0.1) is 12.7 Å². The first kappa shape index (κ1) is 16.9. The van der Waals surface area contributed by atoms with Crippen LogP contribution in [0.5, 0.6) is 5.75 Å². The third-order valence-corrected chi connectivity index (χ3v) is 5.19. The molecule has 4 rings (SSSR count). The van der Waals surface area contributed by atoms with E-state index in [2.05, 4.69) is 20.6 Å². The average Bonchev–Trinajstić information content (AvgIpc) is 2.92. The standard InChI is InChI=1S/C16H15FN4OS.ClH/c1-8-4-10(17)11(5-12(8)22)21-15-14-9-2-3-18-6-13(9)23-16(14)20-7-19-15;/h4-5,7,18,22H,2-3,6H2,1H3,(H,19,20,21);1H. The van der Waals surface area contributed by atoms with Gasteiger partial charge < -0.3 is 15.7 Å². The number of rotatable bonds is 2. The van der Waals surface area contributed by atoms with Gasteiger partial charge in [0.25, 0.3) is 0 Å². The number of aromatic nitrogens is 2. The molecule has 0 aliphatic carbocycles. The van der Waals surface area contributed by atoms with Gasteiger partial charge in [-0.1, -0.05) is 0 Å². The molecule has 3 heterocycles. The summed E-state index contributed by atoms with van der Waals surface area (Å²) >= 11 is 1.64. The molecule has 0 saturated heterocycles. The smallest absolute Gasteiger partial charge is 0.147 e. The zero-order valence-electron chi connectivity index (χ0n) is 12.9. The van der Waals surface area contributed by atoms with Gasteiger partial charge in [0.1, 0.15) is 28.5 Å². The second-order valence-corrected chi connectivity index (χ2v) is 6.66. The number of aryl methyl sites for hydroxylation is 1. The van der Waals surface area contributed by atoms with Gasteiger partial charge >= 0.3 is 0 Å². The van der Waals surface area contributed by atoms with Crippen LogP contribution in [0.2, 0.25) is 0 Å². The normalized spacial score (nSPS) is 13.4. The van der Waals surface area contributed by atoms with Crippen molar-refractivity contribution in [2.75, 3.05) is 11.9 Å². The second-order valence-electron chi connectivity index (χ2n) is 5.58. The summed E-state index contributed by atoms with van der Waals surface area (Å²) in [5.74, 6) is 0.213. The van der Waals surface area contributed by atoms with Gasteiger partial charge in [-0.3, -0.25) is 0 Å². The Hall–Kier alpha value is -1.96.